The average molecular weight is 352 g/mol. The number of halogens is 1. The lowest BCUT2D eigenvalue weighted by molar-refractivity contribution is -0.137. The summed E-state index contributed by atoms with van der Waals surface area (Å²) in [5, 5.41) is 8.94. The van der Waals surface area contributed by atoms with Crippen LogP contribution in [0, 0.1) is 0 Å². The van der Waals surface area contributed by atoms with Crippen LogP contribution in [0.1, 0.15) is 10.4 Å². The molecule has 0 heterocycles. The Morgan fingerprint density at radius 1 is 1.42 bits per heavy atom. The van der Waals surface area contributed by atoms with Crippen molar-refractivity contribution in [3.8, 4) is 0 Å². The summed E-state index contributed by atoms with van der Waals surface area (Å²) in [6, 6.07) is 3.99. The molecule has 0 unspecified atom stereocenters. The Morgan fingerprint density at radius 2 is 2.05 bits per heavy atom. The largest absolute Gasteiger partial charge is 0.478 e. The molecule has 0 bridgehead atoms. The van der Waals surface area contributed by atoms with Crippen LogP contribution < -0.4 is 4.72 Å². The van der Waals surface area contributed by atoms with E-state index in [1.54, 1.807) is 0 Å². The Labute approximate surface area is 117 Å². The highest BCUT2D eigenvalue weighted by Gasteiger charge is 2.20. The molecule has 1 rings (SSSR count). The number of methoxy groups -OCH3 is 1. The Kier molecular flexibility index (Phi) is 4.90. The van der Waals surface area contributed by atoms with Crippen LogP contribution in [0.15, 0.2) is 22.7 Å². The Hall–Kier alpha value is -1.61. The van der Waals surface area contributed by atoms with E-state index < -0.39 is 27.7 Å². The predicted octanol–water partition coefficient (Wildman–Crippen LogP) is 1.06. The molecule has 0 amide bonds. The Balaban J connectivity index is 3.08. The van der Waals surface area contributed by atoms with Gasteiger partial charge < -0.3 is 9.84 Å². The van der Waals surface area contributed by atoms with Crippen molar-refractivity contribution in [1.82, 2.24) is 0 Å². The molecular formula is C10H10BrNO6S. The summed E-state index contributed by atoms with van der Waals surface area (Å²) in [7, 11) is -2.97. The summed E-state index contributed by atoms with van der Waals surface area (Å²) in [6.07, 6.45) is 0. The number of ether oxygens (including phenoxy) is 1. The van der Waals surface area contributed by atoms with E-state index in [0.717, 1.165) is 7.11 Å². The first-order chi connectivity index (χ1) is 8.75. The molecule has 0 aromatic heterocycles. The number of nitrogens with one attached hydrogen (secondary N) is 1. The van der Waals surface area contributed by atoms with Crippen LogP contribution >= 0.6 is 15.9 Å². The van der Waals surface area contributed by atoms with Crippen LogP contribution in [-0.2, 0) is 19.6 Å². The highest BCUT2D eigenvalue weighted by Crippen LogP contribution is 2.22. The first-order valence-electron chi connectivity index (χ1n) is 4.85. The van der Waals surface area contributed by atoms with Gasteiger partial charge in [-0.05, 0) is 18.2 Å². The van der Waals surface area contributed by atoms with Gasteiger partial charge >= 0.3 is 11.9 Å². The van der Waals surface area contributed by atoms with Gasteiger partial charge in [-0.25, -0.2) is 13.2 Å². The third kappa shape index (κ3) is 4.52. The van der Waals surface area contributed by atoms with Crippen molar-refractivity contribution in [3.05, 3.63) is 28.2 Å². The average Bonchev–Trinajstić information content (AvgIpc) is 2.27. The van der Waals surface area contributed by atoms with E-state index in [4.69, 9.17) is 5.11 Å². The number of anilines is 1. The normalized spacial score (nSPS) is 10.8. The standard InChI is InChI=1S/C10H10BrNO6S/c1-18-9(13)5-19(16,17)12-8-4-6(11)2-3-7(8)10(14)15/h2-4,12H,5H2,1H3,(H,14,15). The number of carbonyl (C=O) groups excluding carboxylic acids is 1. The van der Waals surface area contributed by atoms with Gasteiger partial charge in [0.15, 0.2) is 5.75 Å². The van der Waals surface area contributed by atoms with E-state index in [-0.39, 0.29) is 11.3 Å². The van der Waals surface area contributed by atoms with Gasteiger partial charge in [0.25, 0.3) is 0 Å². The van der Waals surface area contributed by atoms with Crippen LogP contribution in [0.5, 0.6) is 0 Å². The monoisotopic (exact) mass is 351 g/mol. The molecule has 0 aliphatic rings. The maximum atomic E-state index is 11.6. The number of benzene rings is 1. The van der Waals surface area contributed by atoms with Crippen molar-refractivity contribution >= 4 is 43.6 Å². The van der Waals surface area contributed by atoms with Crippen LogP contribution in [0.25, 0.3) is 0 Å². The second-order valence-electron chi connectivity index (χ2n) is 3.43. The van der Waals surface area contributed by atoms with E-state index >= 15 is 0 Å². The number of sulfonamides is 1. The van der Waals surface area contributed by atoms with Gasteiger partial charge in [-0.1, -0.05) is 15.9 Å². The molecular weight excluding hydrogens is 342 g/mol. The summed E-state index contributed by atoms with van der Waals surface area (Å²) in [5.74, 6) is -3.13. The fraction of sp³-hybridized carbons (Fsp3) is 0.200. The molecule has 0 saturated heterocycles. The number of esters is 1. The van der Waals surface area contributed by atoms with E-state index in [9.17, 15) is 18.0 Å². The number of hydrogen-bond donors (Lipinski definition) is 2. The van der Waals surface area contributed by atoms with Crippen molar-refractivity contribution in [1.29, 1.82) is 0 Å². The molecule has 19 heavy (non-hydrogen) atoms. The summed E-state index contributed by atoms with van der Waals surface area (Å²) < 4.78 is 30.0. The lowest BCUT2D eigenvalue weighted by Crippen LogP contribution is -2.24. The highest BCUT2D eigenvalue weighted by atomic mass is 79.9. The van der Waals surface area contributed by atoms with Crippen molar-refractivity contribution in [2.75, 3.05) is 17.6 Å². The molecule has 1 aromatic carbocycles. The second-order valence-corrected chi connectivity index (χ2v) is 6.07. The zero-order valence-electron chi connectivity index (χ0n) is 9.71. The van der Waals surface area contributed by atoms with Crippen LogP contribution in [0.2, 0.25) is 0 Å². The summed E-state index contributed by atoms with van der Waals surface area (Å²) >= 11 is 3.10. The van der Waals surface area contributed by atoms with Gasteiger partial charge in [-0.15, -0.1) is 0 Å². The van der Waals surface area contributed by atoms with Gasteiger partial charge in [0, 0.05) is 4.47 Å². The lowest BCUT2D eigenvalue weighted by atomic mass is 10.2. The third-order valence-corrected chi connectivity index (χ3v) is 3.65. The zero-order valence-corrected chi connectivity index (χ0v) is 12.1. The first-order valence-corrected chi connectivity index (χ1v) is 7.30. The van der Waals surface area contributed by atoms with Crippen molar-refractivity contribution in [2.24, 2.45) is 0 Å². The van der Waals surface area contributed by atoms with E-state index in [2.05, 4.69) is 20.7 Å². The molecule has 0 fully saturated rings. The van der Waals surface area contributed by atoms with Crippen LogP contribution in [0.3, 0.4) is 0 Å². The summed E-state index contributed by atoms with van der Waals surface area (Å²) in [5.41, 5.74) is -0.359. The predicted molar refractivity (Wildman–Crippen MR) is 70.5 cm³/mol. The molecule has 7 nitrogen and oxygen atoms in total. The Morgan fingerprint density at radius 3 is 2.58 bits per heavy atom. The van der Waals surface area contributed by atoms with E-state index in [0.29, 0.717) is 4.47 Å². The highest BCUT2D eigenvalue weighted by molar-refractivity contribution is 9.10. The Bertz CT molecular complexity index is 612. The maximum Gasteiger partial charge on any atom is 0.337 e. The van der Waals surface area contributed by atoms with Crippen LogP contribution in [-0.4, -0.2) is 38.3 Å². The minimum Gasteiger partial charge on any atom is -0.478 e. The molecule has 9 heteroatoms. The molecule has 1 aromatic rings. The molecule has 0 aliphatic heterocycles. The first kappa shape index (κ1) is 15.4. The molecule has 104 valence electrons. The number of rotatable bonds is 5. The number of carbonyl (C=O) groups is 2. The van der Waals surface area contributed by atoms with Crippen molar-refractivity contribution in [2.45, 2.75) is 0 Å². The quantitative estimate of drug-likeness (QED) is 0.767. The fourth-order valence-corrected chi connectivity index (χ4v) is 2.57. The van der Waals surface area contributed by atoms with Crippen molar-refractivity contribution < 1.29 is 27.9 Å². The number of aromatic carboxylic acids is 1. The fourth-order valence-electron chi connectivity index (χ4n) is 1.21. The lowest BCUT2D eigenvalue weighted by Gasteiger charge is -2.10. The summed E-state index contributed by atoms with van der Waals surface area (Å²) in [4.78, 5) is 21.9. The van der Waals surface area contributed by atoms with E-state index in [1.165, 1.54) is 18.2 Å². The van der Waals surface area contributed by atoms with Gasteiger partial charge in [-0.2, -0.15) is 0 Å². The van der Waals surface area contributed by atoms with Gasteiger partial charge in [0.2, 0.25) is 10.0 Å². The number of carboxylic acid groups (broad SMARTS) is 1. The van der Waals surface area contributed by atoms with Gasteiger partial charge in [-0.3, -0.25) is 9.52 Å². The zero-order chi connectivity index (χ0) is 14.6. The molecule has 0 radical (unpaired) electrons. The molecule has 0 aliphatic carbocycles. The van der Waals surface area contributed by atoms with Crippen LogP contribution in [0.4, 0.5) is 5.69 Å². The number of hydrogen-bond acceptors (Lipinski definition) is 5. The van der Waals surface area contributed by atoms with Crippen molar-refractivity contribution in [3.63, 3.8) is 0 Å². The molecule has 0 spiro atoms. The third-order valence-electron chi connectivity index (χ3n) is 2.01. The second kappa shape index (κ2) is 6.02. The summed E-state index contributed by atoms with van der Waals surface area (Å²) in [6.45, 7) is 0. The topological polar surface area (TPSA) is 110 Å². The molecule has 0 atom stereocenters. The minimum atomic E-state index is -4.03. The SMILES string of the molecule is COC(=O)CS(=O)(=O)Nc1cc(Br)ccc1C(=O)O. The van der Waals surface area contributed by atoms with E-state index in [1.807, 2.05) is 4.72 Å². The van der Waals surface area contributed by atoms with Gasteiger partial charge in [0.1, 0.15) is 0 Å². The maximum absolute atomic E-state index is 11.6. The smallest absolute Gasteiger partial charge is 0.337 e. The molecule has 2 N–H and O–H groups in total. The molecule has 0 saturated carbocycles. The number of carboxylic acids is 1. The minimum absolute atomic E-state index is 0.134. The van der Waals surface area contributed by atoms with Gasteiger partial charge in [0.05, 0.1) is 18.4 Å².